The van der Waals surface area contributed by atoms with Crippen LogP contribution in [-0.2, 0) is 65.4 Å². The minimum absolute atomic E-state index is 0.100. The summed E-state index contributed by atoms with van der Waals surface area (Å²) in [6.45, 7) is 11.7. The maximum absolute atomic E-state index is 13.1. The predicted octanol–water partition coefficient (Wildman–Crippen LogP) is 22.1. The van der Waals surface area contributed by atoms with E-state index in [1.165, 1.54) is 154 Å². The monoisotopic (exact) mass is 1410 g/mol. The first-order valence-corrected chi connectivity index (χ1v) is 42.2. The maximum Gasteiger partial charge on any atom is 0.472 e. The van der Waals surface area contributed by atoms with Crippen molar-refractivity contribution >= 4 is 39.5 Å². The molecule has 96 heavy (non-hydrogen) atoms. The van der Waals surface area contributed by atoms with Crippen LogP contribution in [0.2, 0.25) is 0 Å². The van der Waals surface area contributed by atoms with Crippen molar-refractivity contribution in [3.8, 4) is 0 Å². The fraction of sp³-hybridized carbons (Fsp3) is 0.896. The second kappa shape index (κ2) is 67.1. The average molecular weight is 1410 g/mol. The number of allylic oxidation sites excluding steroid dienone is 4. The van der Waals surface area contributed by atoms with Gasteiger partial charge in [-0.15, -0.1) is 0 Å². The number of aliphatic hydroxyl groups is 1. The highest BCUT2D eigenvalue weighted by Gasteiger charge is 2.30. The number of aliphatic hydroxyl groups excluding tert-OH is 1. The van der Waals surface area contributed by atoms with Crippen LogP contribution in [-0.4, -0.2) is 96.7 Å². The van der Waals surface area contributed by atoms with Gasteiger partial charge in [0.15, 0.2) is 12.2 Å². The zero-order chi connectivity index (χ0) is 70.9. The van der Waals surface area contributed by atoms with Crippen molar-refractivity contribution < 1.29 is 80.2 Å². The van der Waals surface area contributed by atoms with E-state index >= 15 is 0 Å². The van der Waals surface area contributed by atoms with Gasteiger partial charge in [-0.1, -0.05) is 317 Å². The van der Waals surface area contributed by atoms with Gasteiger partial charge in [0.25, 0.3) is 0 Å². The molecular formula is C77H146O17P2. The number of unbranched alkanes of at least 4 members (excludes halogenated alkanes) is 38. The molecule has 0 aromatic heterocycles. The first-order chi connectivity index (χ1) is 46.2. The fourth-order valence-electron chi connectivity index (χ4n) is 11.2. The summed E-state index contributed by atoms with van der Waals surface area (Å²) in [5.41, 5.74) is 0. The first-order valence-electron chi connectivity index (χ1n) is 39.2. The Kier molecular flexibility index (Phi) is 65.3. The van der Waals surface area contributed by atoms with E-state index in [0.717, 1.165) is 121 Å². The molecule has 0 amide bonds. The number of carbonyl (C=O) groups excluding carboxylic acids is 4. The summed E-state index contributed by atoms with van der Waals surface area (Å²) in [6.07, 6.45) is 56.6. The largest absolute Gasteiger partial charge is 0.472 e. The number of rotatable bonds is 73. The summed E-state index contributed by atoms with van der Waals surface area (Å²) >= 11 is 0. The van der Waals surface area contributed by atoms with Gasteiger partial charge in [-0.2, -0.15) is 0 Å². The van der Waals surface area contributed by atoms with Crippen LogP contribution in [0.5, 0.6) is 0 Å². The van der Waals surface area contributed by atoms with Gasteiger partial charge in [0.1, 0.15) is 19.3 Å². The highest BCUT2D eigenvalue weighted by Crippen LogP contribution is 2.45. The van der Waals surface area contributed by atoms with Crippen molar-refractivity contribution in [1.82, 2.24) is 0 Å². The molecule has 19 heteroatoms. The van der Waals surface area contributed by atoms with E-state index in [9.17, 15) is 43.2 Å². The Hall–Kier alpha value is -2.46. The zero-order valence-corrected chi connectivity index (χ0v) is 64.1. The minimum Gasteiger partial charge on any atom is -0.462 e. The molecule has 5 atom stereocenters. The molecule has 0 aliphatic carbocycles. The number of carbonyl (C=O) groups is 4. The standard InChI is InChI=1S/C77H146O17P2/c1-8-9-10-11-12-13-14-15-20-24-27-30-37-44-51-58-74(79)87-64-72(93-76(81)60-53-46-38-31-28-25-22-19-17-16-18-21-23-26-29-34-41-48-55-68(2)3)66-91-95(83,84)89-62-71(78)63-90-96(85,86)92-67-73(94-77(82)61-54-47-40-33-36-43-50-57-70(6)7)65-88-75(80)59-52-45-39-32-35-42-49-56-69(4)5/h13-15,20,68-73,78H,8-12,16-19,21-67H2,1-7H3,(H,83,84)(H,85,86)/b14-13-,20-15-/t71?,72-,73-/m1/s1. The molecule has 0 aliphatic rings. The lowest BCUT2D eigenvalue weighted by molar-refractivity contribution is -0.161. The Balaban J connectivity index is 5.23. The average Bonchev–Trinajstić information content (AvgIpc) is 3.38. The Morgan fingerprint density at radius 1 is 0.323 bits per heavy atom. The summed E-state index contributed by atoms with van der Waals surface area (Å²) in [5, 5.41) is 10.6. The molecule has 0 radical (unpaired) electrons. The van der Waals surface area contributed by atoms with Crippen molar-refractivity contribution in [2.45, 2.75) is 388 Å². The van der Waals surface area contributed by atoms with Crippen LogP contribution in [0.1, 0.15) is 370 Å². The SMILES string of the molecule is CCCCCC/C=C\C=C/CCCCCCCC(=O)OC[C@H](COP(=O)(O)OCC(O)COP(=O)(O)OC[C@@H](COC(=O)CCCCCCCCCC(C)C)OC(=O)CCCCCCCCCC(C)C)OC(=O)CCCCCCCCCCCCCCCCCCCCC(C)C. The molecule has 0 saturated heterocycles. The van der Waals surface area contributed by atoms with Crippen LogP contribution in [0.4, 0.5) is 0 Å². The lowest BCUT2D eigenvalue weighted by atomic mass is 10.0. The second-order valence-electron chi connectivity index (χ2n) is 28.5. The Morgan fingerprint density at radius 3 is 0.844 bits per heavy atom. The van der Waals surface area contributed by atoms with Gasteiger partial charge in [-0.25, -0.2) is 9.13 Å². The van der Waals surface area contributed by atoms with Gasteiger partial charge in [-0.05, 0) is 69.1 Å². The van der Waals surface area contributed by atoms with E-state index in [1.807, 2.05) is 0 Å². The molecular weight excluding hydrogens is 1260 g/mol. The smallest absolute Gasteiger partial charge is 0.462 e. The quantitative estimate of drug-likeness (QED) is 0.0169. The molecule has 0 spiro atoms. The fourth-order valence-corrected chi connectivity index (χ4v) is 12.8. The molecule has 0 heterocycles. The third-order valence-corrected chi connectivity index (χ3v) is 19.2. The summed E-state index contributed by atoms with van der Waals surface area (Å²) in [7, 11) is -9.92. The molecule has 0 rings (SSSR count). The third-order valence-electron chi connectivity index (χ3n) is 17.3. The summed E-state index contributed by atoms with van der Waals surface area (Å²) in [6, 6.07) is 0. The number of ether oxygens (including phenoxy) is 4. The van der Waals surface area contributed by atoms with Gasteiger partial charge in [-0.3, -0.25) is 37.3 Å². The predicted molar refractivity (Wildman–Crippen MR) is 390 cm³/mol. The van der Waals surface area contributed by atoms with Crippen LogP contribution < -0.4 is 0 Å². The molecule has 566 valence electrons. The van der Waals surface area contributed by atoms with Crippen molar-refractivity contribution in [1.29, 1.82) is 0 Å². The van der Waals surface area contributed by atoms with Crippen molar-refractivity contribution in [3.63, 3.8) is 0 Å². The van der Waals surface area contributed by atoms with Gasteiger partial charge in [0.05, 0.1) is 26.4 Å². The van der Waals surface area contributed by atoms with Crippen LogP contribution in [0.25, 0.3) is 0 Å². The van der Waals surface area contributed by atoms with E-state index < -0.39 is 97.5 Å². The lowest BCUT2D eigenvalue weighted by Crippen LogP contribution is -2.30. The van der Waals surface area contributed by atoms with E-state index in [1.54, 1.807) is 0 Å². The van der Waals surface area contributed by atoms with Crippen molar-refractivity contribution in [2.24, 2.45) is 17.8 Å². The van der Waals surface area contributed by atoms with Crippen LogP contribution in [0, 0.1) is 17.8 Å². The first kappa shape index (κ1) is 93.5. The highest BCUT2D eigenvalue weighted by molar-refractivity contribution is 7.47. The van der Waals surface area contributed by atoms with Gasteiger partial charge in [0.2, 0.25) is 0 Å². The number of hydrogen-bond donors (Lipinski definition) is 3. The number of esters is 4. The van der Waals surface area contributed by atoms with Crippen LogP contribution in [0.15, 0.2) is 24.3 Å². The number of phosphoric acid groups is 2. The topological polar surface area (TPSA) is 237 Å². The van der Waals surface area contributed by atoms with Crippen LogP contribution in [0.3, 0.4) is 0 Å². The molecule has 0 aromatic carbocycles. The molecule has 17 nitrogen and oxygen atoms in total. The van der Waals surface area contributed by atoms with Crippen LogP contribution >= 0.6 is 15.6 Å². The number of hydrogen-bond acceptors (Lipinski definition) is 15. The minimum atomic E-state index is -4.97. The molecule has 0 fully saturated rings. The van der Waals surface area contributed by atoms with E-state index in [-0.39, 0.29) is 25.7 Å². The van der Waals surface area contributed by atoms with E-state index in [4.69, 9.17) is 37.0 Å². The molecule has 0 bridgehead atoms. The maximum atomic E-state index is 13.1. The second-order valence-corrected chi connectivity index (χ2v) is 31.4. The van der Waals surface area contributed by atoms with Crippen molar-refractivity contribution in [2.75, 3.05) is 39.6 Å². The third kappa shape index (κ3) is 70.0. The molecule has 3 N–H and O–H groups in total. The van der Waals surface area contributed by atoms with Crippen molar-refractivity contribution in [3.05, 3.63) is 24.3 Å². The summed E-state index contributed by atoms with van der Waals surface area (Å²) in [4.78, 5) is 72.7. The van der Waals surface area contributed by atoms with E-state index in [2.05, 4.69) is 72.8 Å². The van der Waals surface area contributed by atoms with Gasteiger partial charge < -0.3 is 33.8 Å². The molecule has 0 aromatic rings. The lowest BCUT2D eigenvalue weighted by Gasteiger charge is -2.21. The molecule has 0 saturated carbocycles. The summed E-state index contributed by atoms with van der Waals surface area (Å²) < 4.78 is 68.4. The van der Waals surface area contributed by atoms with Gasteiger partial charge >= 0.3 is 39.5 Å². The van der Waals surface area contributed by atoms with E-state index in [0.29, 0.717) is 37.5 Å². The van der Waals surface area contributed by atoms with Gasteiger partial charge in [0, 0.05) is 25.7 Å². The highest BCUT2D eigenvalue weighted by atomic mass is 31.2. The zero-order valence-electron chi connectivity index (χ0n) is 62.3. The normalized spacial score (nSPS) is 14.2. The number of phosphoric ester groups is 2. The Bertz CT molecular complexity index is 1960. The Labute approximate surface area is 586 Å². The Morgan fingerprint density at radius 2 is 0.562 bits per heavy atom. The summed E-state index contributed by atoms with van der Waals surface area (Å²) in [5.74, 6) is 0.0645. The molecule has 0 aliphatic heterocycles. The molecule has 3 unspecified atom stereocenters.